The molecule has 0 aliphatic heterocycles. The first kappa shape index (κ1) is 10.3. The Bertz CT molecular complexity index is 986. The number of nitrogens with zero attached hydrogens (tertiary/aromatic N) is 1. The lowest BCUT2D eigenvalue weighted by molar-refractivity contribution is 1.42. The molecule has 19 heavy (non-hydrogen) atoms. The van der Waals surface area contributed by atoms with Gasteiger partial charge < -0.3 is 4.98 Å². The maximum absolute atomic E-state index is 12.2. The number of hydrogen-bond donors (Lipinski definition) is 1. The molecular weight excluding hydrogens is 236 g/mol. The summed E-state index contributed by atoms with van der Waals surface area (Å²) in [7, 11) is 0. The predicted molar refractivity (Wildman–Crippen MR) is 77.4 cm³/mol. The molecule has 2 aromatic carbocycles. The van der Waals surface area contributed by atoms with Crippen LogP contribution in [0.1, 0.15) is 0 Å². The summed E-state index contributed by atoms with van der Waals surface area (Å²) in [4.78, 5) is 19.8. The molecule has 0 unspecified atom stereocenters. The fourth-order valence-corrected chi connectivity index (χ4v) is 2.61. The third kappa shape index (κ3) is 1.38. The van der Waals surface area contributed by atoms with Gasteiger partial charge in [0.2, 0.25) is 5.43 Å². The van der Waals surface area contributed by atoms with Gasteiger partial charge in [-0.3, -0.25) is 9.78 Å². The Kier molecular flexibility index (Phi) is 1.97. The van der Waals surface area contributed by atoms with E-state index in [0.717, 1.165) is 27.2 Å². The molecule has 1 N–H and O–H groups in total. The van der Waals surface area contributed by atoms with E-state index in [1.807, 2.05) is 36.4 Å². The highest BCUT2D eigenvalue weighted by atomic mass is 16.1. The van der Waals surface area contributed by atoms with Gasteiger partial charge in [-0.25, -0.2) is 0 Å². The van der Waals surface area contributed by atoms with Crippen LogP contribution < -0.4 is 5.43 Å². The number of para-hydroxylation sites is 1. The summed E-state index contributed by atoms with van der Waals surface area (Å²) in [6.45, 7) is 0. The molecule has 0 spiro atoms. The summed E-state index contributed by atoms with van der Waals surface area (Å²) in [6, 6.07) is 15.2. The van der Waals surface area contributed by atoms with Crippen molar-refractivity contribution < 1.29 is 0 Å². The van der Waals surface area contributed by atoms with Crippen LogP contribution in [0.3, 0.4) is 0 Å². The fraction of sp³-hybridized carbons (Fsp3) is 0. The quantitative estimate of drug-likeness (QED) is 0.517. The smallest absolute Gasteiger partial charge is 0.202 e. The summed E-state index contributed by atoms with van der Waals surface area (Å²) < 4.78 is 0. The highest BCUT2D eigenvalue weighted by molar-refractivity contribution is 6.18. The molecule has 0 aliphatic rings. The van der Waals surface area contributed by atoms with Crippen molar-refractivity contribution in [1.82, 2.24) is 9.97 Å². The van der Waals surface area contributed by atoms with Crippen molar-refractivity contribution in [3.8, 4) is 0 Å². The highest BCUT2D eigenvalue weighted by Gasteiger charge is 2.09. The van der Waals surface area contributed by atoms with Gasteiger partial charge in [-0.2, -0.15) is 0 Å². The Morgan fingerprint density at radius 3 is 2.68 bits per heavy atom. The number of hydrogen-bond acceptors (Lipinski definition) is 2. The molecule has 0 radical (unpaired) electrons. The second kappa shape index (κ2) is 3.65. The van der Waals surface area contributed by atoms with Crippen LogP contribution in [0.15, 0.2) is 59.5 Å². The zero-order valence-electron chi connectivity index (χ0n) is 10.1. The van der Waals surface area contributed by atoms with E-state index in [-0.39, 0.29) is 5.43 Å². The normalized spacial score (nSPS) is 11.4. The van der Waals surface area contributed by atoms with Crippen molar-refractivity contribution in [1.29, 1.82) is 0 Å². The van der Waals surface area contributed by atoms with E-state index < -0.39 is 0 Å². The lowest BCUT2D eigenvalue weighted by atomic mass is 10.1. The maximum Gasteiger partial charge on any atom is 0.202 e. The predicted octanol–water partition coefficient (Wildman–Crippen LogP) is 3.23. The topological polar surface area (TPSA) is 45.8 Å². The molecule has 0 aliphatic carbocycles. The van der Waals surface area contributed by atoms with Crippen LogP contribution in [0.25, 0.3) is 32.7 Å². The minimum atomic E-state index is -0.0100. The lowest BCUT2D eigenvalue weighted by Crippen LogP contribution is -1.93. The van der Waals surface area contributed by atoms with E-state index in [1.54, 1.807) is 18.3 Å². The Morgan fingerprint density at radius 2 is 1.74 bits per heavy atom. The van der Waals surface area contributed by atoms with Gasteiger partial charge in [-0.05, 0) is 24.3 Å². The number of aromatic nitrogens is 2. The summed E-state index contributed by atoms with van der Waals surface area (Å²) in [5.74, 6) is 0. The number of rotatable bonds is 0. The lowest BCUT2D eigenvalue weighted by Gasteiger charge is -1.93. The van der Waals surface area contributed by atoms with Crippen LogP contribution in [-0.2, 0) is 0 Å². The number of aromatic amines is 1. The first-order chi connectivity index (χ1) is 9.34. The Morgan fingerprint density at radius 1 is 0.895 bits per heavy atom. The second-order valence-corrected chi connectivity index (χ2v) is 4.55. The van der Waals surface area contributed by atoms with Gasteiger partial charge in [0, 0.05) is 27.9 Å². The number of fused-ring (bicyclic) bond motifs is 5. The number of pyridine rings is 1. The standard InChI is InChI=1S/C16H10N2O/c19-14-8-7-12-10(5-3-9-17-12)15-11-4-1-2-6-13(11)18-16(14)15/h1-9,18H. The molecule has 0 saturated heterocycles. The van der Waals surface area contributed by atoms with Crippen molar-refractivity contribution >= 4 is 32.7 Å². The molecule has 2 aromatic heterocycles. The van der Waals surface area contributed by atoms with Gasteiger partial charge in [0.15, 0.2) is 0 Å². The first-order valence-electron chi connectivity index (χ1n) is 6.13. The molecule has 0 amide bonds. The van der Waals surface area contributed by atoms with Crippen molar-refractivity contribution in [2.45, 2.75) is 0 Å². The monoisotopic (exact) mass is 246 g/mol. The van der Waals surface area contributed by atoms with Gasteiger partial charge in [0.25, 0.3) is 0 Å². The third-order valence-corrected chi connectivity index (χ3v) is 3.45. The van der Waals surface area contributed by atoms with Gasteiger partial charge >= 0.3 is 0 Å². The van der Waals surface area contributed by atoms with Crippen molar-refractivity contribution in [2.75, 3.05) is 0 Å². The van der Waals surface area contributed by atoms with Gasteiger partial charge in [-0.1, -0.05) is 24.3 Å². The molecule has 4 rings (SSSR count). The minimum Gasteiger partial charge on any atom is -0.351 e. The van der Waals surface area contributed by atoms with Crippen molar-refractivity contribution in [3.63, 3.8) is 0 Å². The number of benzene rings is 1. The molecule has 0 atom stereocenters. The van der Waals surface area contributed by atoms with E-state index >= 15 is 0 Å². The molecule has 4 aromatic rings. The van der Waals surface area contributed by atoms with E-state index in [0.29, 0.717) is 5.52 Å². The zero-order valence-corrected chi connectivity index (χ0v) is 10.1. The largest absolute Gasteiger partial charge is 0.351 e. The maximum atomic E-state index is 12.2. The molecule has 3 nitrogen and oxygen atoms in total. The Balaban J connectivity index is 2.47. The summed E-state index contributed by atoms with van der Waals surface area (Å²) >= 11 is 0. The summed E-state index contributed by atoms with van der Waals surface area (Å²) in [5, 5.41) is 3.01. The first-order valence-corrected chi connectivity index (χ1v) is 6.13. The number of nitrogens with one attached hydrogen (secondary N) is 1. The molecular formula is C16H10N2O. The minimum absolute atomic E-state index is 0.0100. The second-order valence-electron chi connectivity index (χ2n) is 4.55. The molecule has 3 heteroatoms. The van der Waals surface area contributed by atoms with E-state index in [4.69, 9.17) is 0 Å². The average Bonchev–Trinajstić information content (AvgIpc) is 2.78. The van der Waals surface area contributed by atoms with Crippen LogP contribution in [0, 0.1) is 0 Å². The van der Waals surface area contributed by atoms with Crippen LogP contribution in [0.2, 0.25) is 0 Å². The van der Waals surface area contributed by atoms with Gasteiger partial charge in [0.05, 0.1) is 11.0 Å². The SMILES string of the molecule is O=c1ccc2ncccc2c2c1[nH]c1ccccc12. The van der Waals surface area contributed by atoms with Crippen LogP contribution >= 0.6 is 0 Å². The summed E-state index contributed by atoms with van der Waals surface area (Å²) in [6.07, 6.45) is 1.74. The molecule has 90 valence electrons. The zero-order chi connectivity index (χ0) is 12.8. The third-order valence-electron chi connectivity index (χ3n) is 3.45. The van der Waals surface area contributed by atoms with E-state index in [2.05, 4.69) is 9.97 Å². The fourth-order valence-electron chi connectivity index (χ4n) is 2.61. The van der Waals surface area contributed by atoms with Crippen LogP contribution in [0.4, 0.5) is 0 Å². The molecule has 2 heterocycles. The Labute approximate surface area is 108 Å². The highest BCUT2D eigenvalue weighted by Crippen LogP contribution is 2.28. The van der Waals surface area contributed by atoms with Crippen molar-refractivity contribution in [3.05, 3.63) is 65.0 Å². The number of H-pyrrole nitrogens is 1. The van der Waals surface area contributed by atoms with Crippen LogP contribution in [0.5, 0.6) is 0 Å². The van der Waals surface area contributed by atoms with Gasteiger partial charge in [0.1, 0.15) is 0 Å². The molecule has 0 bridgehead atoms. The van der Waals surface area contributed by atoms with Crippen LogP contribution in [-0.4, -0.2) is 9.97 Å². The van der Waals surface area contributed by atoms with Crippen molar-refractivity contribution in [2.24, 2.45) is 0 Å². The van der Waals surface area contributed by atoms with E-state index in [9.17, 15) is 4.79 Å². The van der Waals surface area contributed by atoms with E-state index in [1.165, 1.54) is 0 Å². The Hall–Kier alpha value is -2.68. The van der Waals surface area contributed by atoms with Gasteiger partial charge in [-0.15, -0.1) is 0 Å². The average molecular weight is 246 g/mol. The molecule has 0 fully saturated rings. The molecule has 0 saturated carbocycles. The summed E-state index contributed by atoms with van der Waals surface area (Å²) in [5.41, 5.74) is 2.44.